The van der Waals surface area contributed by atoms with Gasteiger partial charge in [-0.05, 0) is 24.6 Å². The quantitative estimate of drug-likeness (QED) is 0.0951. The van der Waals surface area contributed by atoms with Crippen molar-refractivity contribution in [2.24, 2.45) is 5.10 Å². The Kier molecular flexibility index (Phi) is 8.06. The second-order valence-electron chi connectivity index (χ2n) is 6.71. The number of carbonyl (C=O) groups is 1. The minimum atomic E-state index is -0.246. The smallest absolute Gasteiger partial charge is 0.264 e. The molecule has 0 bridgehead atoms. The Morgan fingerprint density at radius 3 is 2.68 bits per heavy atom. The summed E-state index contributed by atoms with van der Waals surface area (Å²) in [6.45, 7) is 1.85. The molecule has 1 aromatic carbocycles. The van der Waals surface area contributed by atoms with E-state index in [9.17, 15) is 4.79 Å². The molecule has 174 valence electrons. The Hall–Kier alpha value is -3.49. The van der Waals surface area contributed by atoms with Gasteiger partial charge in [0.2, 0.25) is 16.2 Å². The van der Waals surface area contributed by atoms with Crippen molar-refractivity contribution in [2.75, 3.05) is 22.3 Å². The predicted octanol–water partition coefficient (Wildman–Crippen LogP) is 3.10. The molecule has 4 rings (SSSR count). The van der Waals surface area contributed by atoms with Gasteiger partial charge in [-0.25, -0.2) is 10.1 Å². The van der Waals surface area contributed by atoms with Crippen LogP contribution in [0.2, 0.25) is 0 Å². The number of rotatable bonds is 10. The molecule has 4 N–H and O–H groups in total. The summed E-state index contributed by atoms with van der Waals surface area (Å²) in [6.07, 6.45) is 3.37. The van der Waals surface area contributed by atoms with Gasteiger partial charge in [-0.3, -0.25) is 15.1 Å². The molecule has 0 aliphatic heterocycles. The predicted molar refractivity (Wildman–Crippen MR) is 136 cm³/mol. The van der Waals surface area contributed by atoms with Crippen molar-refractivity contribution in [3.05, 3.63) is 66.0 Å². The molecule has 0 saturated carbocycles. The zero-order valence-electron chi connectivity index (χ0n) is 18.0. The van der Waals surface area contributed by atoms with Crippen LogP contribution < -0.4 is 16.6 Å². The van der Waals surface area contributed by atoms with E-state index in [0.29, 0.717) is 10.3 Å². The van der Waals surface area contributed by atoms with E-state index in [2.05, 4.69) is 53.4 Å². The molecule has 0 aliphatic rings. The fraction of sp³-hybridized carbons (Fsp3) is 0.150. The molecular weight excluding hydrogens is 492 g/mol. The summed E-state index contributed by atoms with van der Waals surface area (Å²) >= 11 is 4.05. The summed E-state index contributed by atoms with van der Waals surface area (Å²) in [6, 6.07) is 13.8. The molecule has 0 atom stereocenters. The molecule has 14 heteroatoms. The fourth-order valence-corrected chi connectivity index (χ4v) is 4.95. The van der Waals surface area contributed by atoms with Gasteiger partial charge in [0.1, 0.15) is 0 Å². The molecule has 1 amide bonds. The summed E-state index contributed by atoms with van der Waals surface area (Å²) in [5, 5.41) is 23.9. The summed E-state index contributed by atoms with van der Waals surface area (Å²) in [5.74, 6) is 6.90. The third-order valence-electron chi connectivity index (χ3n) is 4.28. The van der Waals surface area contributed by atoms with Crippen molar-refractivity contribution in [2.45, 2.75) is 22.2 Å². The maximum atomic E-state index is 12.3. The van der Waals surface area contributed by atoms with Gasteiger partial charge >= 0.3 is 0 Å². The first-order valence-electron chi connectivity index (χ1n) is 9.92. The number of hydrazone groups is 1. The van der Waals surface area contributed by atoms with Gasteiger partial charge in [0, 0.05) is 23.7 Å². The van der Waals surface area contributed by atoms with Crippen LogP contribution in [0.5, 0.6) is 0 Å². The Balaban J connectivity index is 1.25. The van der Waals surface area contributed by atoms with E-state index >= 15 is 0 Å². The van der Waals surface area contributed by atoms with Crippen LogP contribution in [0.15, 0.2) is 69.5 Å². The average molecular weight is 513 g/mol. The first kappa shape index (κ1) is 23.7. The van der Waals surface area contributed by atoms with Gasteiger partial charge < -0.3 is 5.84 Å². The summed E-state index contributed by atoms with van der Waals surface area (Å²) in [4.78, 5) is 16.3. The molecule has 34 heavy (non-hydrogen) atoms. The average Bonchev–Trinajstić information content (AvgIpc) is 3.47. The van der Waals surface area contributed by atoms with Crippen molar-refractivity contribution in [3.63, 3.8) is 0 Å². The lowest BCUT2D eigenvalue weighted by Crippen LogP contribution is -2.17. The maximum Gasteiger partial charge on any atom is 0.264 e. The normalized spacial score (nSPS) is 11.4. The standard InChI is InChI=1S/C20H20N10OS3/c1-13(15-7-9-22-10-8-15)24-25-17-26-28-19(30(17)21)32-12-16(31)23-18-27-29-20(34-18)33-11-14-5-3-2-4-6-14/h2-10H,11-12,21H2,1H3,(H,25,26)(H,23,27,31)/b24-13+. The van der Waals surface area contributed by atoms with Gasteiger partial charge in [-0.1, -0.05) is 65.2 Å². The lowest BCUT2D eigenvalue weighted by molar-refractivity contribution is -0.113. The van der Waals surface area contributed by atoms with Crippen molar-refractivity contribution in [1.82, 2.24) is 30.1 Å². The Bertz CT molecular complexity index is 1260. The molecule has 0 unspecified atom stereocenters. The molecule has 0 fully saturated rings. The van der Waals surface area contributed by atoms with E-state index in [-0.39, 0.29) is 17.6 Å². The molecular formula is C20H20N10OS3. The van der Waals surface area contributed by atoms with E-state index in [0.717, 1.165) is 33.1 Å². The minimum Gasteiger partial charge on any atom is -0.334 e. The van der Waals surface area contributed by atoms with Crippen LogP contribution in [0.3, 0.4) is 0 Å². The number of aromatic nitrogens is 6. The number of nitrogens with zero attached hydrogens (tertiary/aromatic N) is 7. The Morgan fingerprint density at radius 1 is 1.09 bits per heavy atom. The first-order valence-corrected chi connectivity index (χ1v) is 12.7. The van der Waals surface area contributed by atoms with Gasteiger partial charge in [-0.15, -0.1) is 20.4 Å². The van der Waals surface area contributed by atoms with E-state index < -0.39 is 0 Å². The molecule has 3 aromatic heterocycles. The summed E-state index contributed by atoms with van der Waals surface area (Å²) in [7, 11) is 0. The minimum absolute atomic E-state index is 0.0840. The number of benzene rings is 1. The van der Waals surface area contributed by atoms with Crippen LogP contribution in [-0.4, -0.2) is 47.4 Å². The highest BCUT2D eigenvalue weighted by molar-refractivity contribution is 8.00. The topological polar surface area (TPSA) is 149 Å². The number of pyridine rings is 1. The first-order chi connectivity index (χ1) is 16.6. The number of nitrogens with one attached hydrogen (secondary N) is 2. The number of hydrogen-bond acceptors (Lipinski definition) is 12. The van der Waals surface area contributed by atoms with Gasteiger partial charge in [0.05, 0.1) is 11.5 Å². The van der Waals surface area contributed by atoms with Crippen LogP contribution >= 0.6 is 34.9 Å². The van der Waals surface area contributed by atoms with Gasteiger partial charge in [0.15, 0.2) is 4.34 Å². The molecule has 3 heterocycles. The third-order valence-corrected chi connectivity index (χ3v) is 7.26. The van der Waals surface area contributed by atoms with Crippen LogP contribution in [-0.2, 0) is 10.5 Å². The van der Waals surface area contributed by atoms with Crippen molar-refractivity contribution in [1.29, 1.82) is 0 Å². The number of nitrogens with two attached hydrogens (primary N) is 1. The lowest BCUT2D eigenvalue weighted by Gasteiger charge is -2.04. The fourth-order valence-electron chi connectivity index (χ4n) is 2.57. The molecule has 4 aromatic rings. The zero-order valence-corrected chi connectivity index (χ0v) is 20.4. The molecule has 0 radical (unpaired) electrons. The van der Waals surface area contributed by atoms with E-state index in [1.54, 1.807) is 24.2 Å². The van der Waals surface area contributed by atoms with Crippen LogP contribution in [0, 0.1) is 0 Å². The Morgan fingerprint density at radius 2 is 1.88 bits per heavy atom. The highest BCUT2D eigenvalue weighted by Gasteiger charge is 2.14. The molecule has 0 saturated heterocycles. The number of anilines is 2. The summed E-state index contributed by atoms with van der Waals surface area (Å²) in [5.41, 5.74) is 5.63. The second kappa shape index (κ2) is 11.6. The second-order valence-corrected chi connectivity index (χ2v) is 9.85. The molecule has 0 spiro atoms. The SMILES string of the molecule is C/C(=N\Nc1nnc(SCC(=O)Nc2nnc(SCc3ccccc3)s2)n1N)c1ccncc1. The number of thioether (sulfide) groups is 2. The Labute approximate surface area is 207 Å². The van der Waals surface area contributed by atoms with Gasteiger partial charge in [-0.2, -0.15) is 5.10 Å². The van der Waals surface area contributed by atoms with E-state index in [4.69, 9.17) is 5.84 Å². The van der Waals surface area contributed by atoms with Crippen molar-refractivity contribution in [3.8, 4) is 0 Å². The maximum absolute atomic E-state index is 12.3. The van der Waals surface area contributed by atoms with Crippen LogP contribution in [0.4, 0.5) is 11.1 Å². The van der Waals surface area contributed by atoms with Gasteiger partial charge in [0.25, 0.3) is 5.95 Å². The van der Waals surface area contributed by atoms with Crippen LogP contribution in [0.25, 0.3) is 0 Å². The monoisotopic (exact) mass is 512 g/mol. The van der Waals surface area contributed by atoms with E-state index in [1.165, 1.54) is 21.6 Å². The highest BCUT2D eigenvalue weighted by Crippen LogP contribution is 2.28. The van der Waals surface area contributed by atoms with E-state index in [1.807, 2.05) is 37.3 Å². The third kappa shape index (κ3) is 6.52. The van der Waals surface area contributed by atoms with Crippen molar-refractivity contribution < 1.29 is 4.79 Å². The molecule has 0 aliphatic carbocycles. The number of carbonyl (C=O) groups excluding carboxylic acids is 1. The molecule has 11 nitrogen and oxygen atoms in total. The number of nitrogen functional groups attached to an aromatic ring is 1. The lowest BCUT2D eigenvalue weighted by atomic mass is 10.2. The summed E-state index contributed by atoms with van der Waals surface area (Å²) < 4.78 is 2.02. The van der Waals surface area contributed by atoms with Crippen LogP contribution in [0.1, 0.15) is 18.1 Å². The highest BCUT2D eigenvalue weighted by atomic mass is 32.2. The largest absolute Gasteiger partial charge is 0.334 e. The number of amides is 1. The zero-order chi connectivity index (χ0) is 23.8. The van der Waals surface area contributed by atoms with Crippen molar-refractivity contribution >= 4 is 57.6 Å². The number of hydrogen-bond donors (Lipinski definition) is 3.